The predicted octanol–water partition coefficient (Wildman–Crippen LogP) is 1.08. The van der Waals surface area contributed by atoms with Gasteiger partial charge in [-0.05, 0) is 31.1 Å². The van der Waals surface area contributed by atoms with Crippen LogP contribution in [0.3, 0.4) is 0 Å². The van der Waals surface area contributed by atoms with Crippen molar-refractivity contribution in [3.8, 4) is 0 Å². The van der Waals surface area contributed by atoms with Crippen molar-refractivity contribution in [2.75, 3.05) is 26.7 Å². The molecule has 0 aromatic heterocycles. The smallest absolute Gasteiger partial charge is 0.0599 e. The van der Waals surface area contributed by atoms with E-state index in [1.54, 1.807) is 0 Å². The van der Waals surface area contributed by atoms with Crippen LogP contribution in [0.4, 0.5) is 0 Å². The fraction of sp³-hybridized carbons (Fsp3) is 1.00. The van der Waals surface area contributed by atoms with Crippen molar-refractivity contribution in [1.82, 2.24) is 4.90 Å². The standard InChI is InChI=1S/C12H24N2O/c1-9-5-10(9)8-14-4-3-12(15-2)6-11(14)7-13/h9-12H,3-8,13H2,1-2H3. The first-order chi connectivity index (χ1) is 7.24. The zero-order valence-corrected chi connectivity index (χ0v) is 9.98. The molecule has 0 aromatic rings. The molecule has 1 saturated carbocycles. The van der Waals surface area contributed by atoms with E-state index in [1.165, 1.54) is 25.9 Å². The van der Waals surface area contributed by atoms with Crippen molar-refractivity contribution >= 4 is 0 Å². The Bertz CT molecular complexity index is 210. The molecule has 4 unspecified atom stereocenters. The number of nitrogens with zero attached hydrogens (tertiary/aromatic N) is 1. The third-order valence-electron chi connectivity index (χ3n) is 4.14. The largest absolute Gasteiger partial charge is 0.381 e. The molecule has 1 aliphatic heterocycles. The average molecular weight is 212 g/mol. The minimum atomic E-state index is 0.437. The fourth-order valence-electron chi connectivity index (χ4n) is 2.72. The first-order valence-electron chi connectivity index (χ1n) is 6.21. The Morgan fingerprint density at radius 1 is 1.40 bits per heavy atom. The van der Waals surface area contributed by atoms with Gasteiger partial charge in [0.2, 0.25) is 0 Å². The van der Waals surface area contributed by atoms with Crippen LogP contribution >= 0.6 is 0 Å². The molecule has 15 heavy (non-hydrogen) atoms. The summed E-state index contributed by atoms with van der Waals surface area (Å²) in [6, 6.07) is 0.552. The van der Waals surface area contributed by atoms with E-state index in [9.17, 15) is 0 Å². The van der Waals surface area contributed by atoms with Gasteiger partial charge >= 0.3 is 0 Å². The summed E-state index contributed by atoms with van der Waals surface area (Å²) in [5.74, 6) is 1.89. The lowest BCUT2D eigenvalue weighted by atomic mass is 9.99. The van der Waals surface area contributed by atoms with Crippen LogP contribution in [0.25, 0.3) is 0 Å². The first kappa shape index (κ1) is 11.4. The molecule has 2 N–H and O–H groups in total. The number of rotatable bonds is 4. The highest BCUT2D eigenvalue weighted by atomic mass is 16.5. The normalized spacial score (nSPS) is 41.8. The van der Waals surface area contributed by atoms with Crippen molar-refractivity contribution in [1.29, 1.82) is 0 Å². The van der Waals surface area contributed by atoms with E-state index in [0.29, 0.717) is 12.1 Å². The Kier molecular flexibility index (Phi) is 3.65. The molecule has 1 heterocycles. The minimum absolute atomic E-state index is 0.437. The predicted molar refractivity (Wildman–Crippen MR) is 61.7 cm³/mol. The highest BCUT2D eigenvalue weighted by Crippen LogP contribution is 2.39. The summed E-state index contributed by atoms with van der Waals surface area (Å²) < 4.78 is 5.43. The second kappa shape index (κ2) is 4.81. The van der Waals surface area contributed by atoms with E-state index in [1.807, 2.05) is 7.11 Å². The molecule has 4 atom stereocenters. The van der Waals surface area contributed by atoms with Crippen molar-refractivity contribution in [3.63, 3.8) is 0 Å². The van der Waals surface area contributed by atoms with Crippen LogP contribution in [0.5, 0.6) is 0 Å². The highest BCUT2D eigenvalue weighted by Gasteiger charge is 2.37. The monoisotopic (exact) mass is 212 g/mol. The SMILES string of the molecule is COC1CCN(CC2CC2C)C(CN)C1. The molecule has 88 valence electrons. The Morgan fingerprint density at radius 3 is 2.67 bits per heavy atom. The lowest BCUT2D eigenvalue weighted by Crippen LogP contribution is -2.49. The second-order valence-electron chi connectivity index (χ2n) is 5.24. The Morgan fingerprint density at radius 2 is 2.13 bits per heavy atom. The number of methoxy groups -OCH3 is 1. The zero-order chi connectivity index (χ0) is 10.8. The molecule has 0 aromatic carbocycles. The quantitative estimate of drug-likeness (QED) is 0.758. The Hall–Kier alpha value is -0.120. The number of hydrogen-bond acceptors (Lipinski definition) is 3. The number of ether oxygens (including phenoxy) is 1. The number of nitrogens with two attached hydrogens (primary N) is 1. The number of hydrogen-bond donors (Lipinski definition) is 1. The first-order valence-corrected chi connectivity index (χ1v) is 6.21. The average Bonchev–Trinajstić information content (AvgIpc) is 2.95. The van der Waals surface area contributed by atoms with Gasteiger partial charge in [-0.15, -0.1) is 0 Å². The summed E-state index contributed by atoms with van der Waals surface area (Å²) >= 11 is 0. The highest BCUT2D eigenvalue weighted by molar-refractivity contribution is 4.90. The molecule has 0 radical (unpaired) electrons. The summed E-state index contributed by atoms with van der Waals surface area (Å²) in [5, 5.41) is 0. The number of piperidine rings is 1. The lowest BCUT2D eigenvalue weighted by molar-refractivity contribution is 0.0113. The zero-order valence-electron chi connectivity index (χ0n) is 9.98. The van der Waals surface area contributed by atoms with E-state index in [2.05, 4.69) is 11.8 Å². The van der Waals surface area contributed by atoms with E-state index < -0.39 is 0 Å². The molecule has 0 bridgehead atoms. The summed E-state index contributed by atoms with van der Waals surface area (Å²) in [7, 11) is 1.82. The van der Waals surface area contributed by atoms with Gasteiger partial charge in [-0.1, -0.05) is 6.92 Å². The maximum Gasteiger partial charge on any atom is 0.0599 e. The van der Waals surface area contributed by atoms with Gasteiger partial charge in [0, 0.05) is 32.8 Å². The Labute approximate surface area is 93.0 Å². The van der Waals surface area contributed by atoms with Crippen LogP contribution in [0, 0.1) is 11.8 Å². The molecule has 2 aliphatic rings. The third-order valence-corrected chi connectivity index (χ3v) is 4.14. The van der Waals surface area contributed by atoms with E-state index in [0.717, 1.165) is 24.8 Å². The van der Waals surface area contributed by atoms with E-state index in [4.69, 9.17) is 10.5 Å². The van der Waals surface area contributed by atoms with Gasteiger partial charge in [0.15, 0.2) is 0 Å². The summed E-state index contributed by atoms with van der Waals surface area (Å²) in [6.45, 7) is 5.56. The van der Waals surface area contributed by atoms with Crippen LogP contribution < -0.4 is 5.73 Å². The summed E-state index contributed by atoms with van der Waals surface area (Å²) in [4.78, 5) is 2.59. The Balaban J connectivity index is 1.82. The van der Waals surface area contributed by atoms with E-state index in [-0.39, 0.29) is 0 Å². The molecule has 0 spiro atoms. The summed E-state index contributed by atoms with van der Waals surface area (Å²) in [5.41, 5.74) is 5.84. The van der Waals surface area contributed by atoms with Gasteiger partial charge in [0.25, 0.3) is 0 Å². The van der Waals surface area contributed by atoms with Crippen molar-refractivity contribution in [2.45, 2.75) is 38.3 Å². The third kappa shape index (κ3) is 2.71. The fourth-order valence-corrected chi connectivity index (χ4v) is 2.72. The molecular formula is C12H24N2O. The lowest BCUT2D eigenvalue weighted by Gasteiger charge is -2.38. The van der Waals surface area contributed by atoms with Crippen LogP contribution in [0.15, 0.2) is 0 Å². The molecule has 1 saturated heterocycles. The molecule has 3 heteroatoms. The molecule has 0 amide bonds. The van der Waals surface area contributed by atoms with Gasteiger partial charge in [0.1, 0.15) is 0 Å². The maximum atomic E-state index is 5.84. The van der Waals surface area contributed by atoms with Gasteiger partial charge < -0.3 is 10.5 Å². The molecule has 1 aliphatic carbocycles. The van der Waals surface area contributed by atoms with Gasteiger partial charge in [-0.25, -0.2) is 0 Å². The number of likely N-dealkylation sites (tertiary alicyclic amines) is 1. The van der Waals surface area contributed by atoms with Crippen molar-refractivity contribution in [3.05, 3.63) is 0 Å². The van der Waals surface area contributed by atoms with Crippen LogP contribution in [0.1, 0.15) is 26.2 Å². The molecule has 2 fully saturated rings. The van der Waals surface area contributed by atoms with Crippen LogP contribution in [-0.2, 0) is 4.74 Å². The molecule has 3 nitrogen and oxygen atoms in total. The second-order valence-corrected chi connectivity index (χ2v) is 5.24. The van der Waals surface area contributed by atoms with E-state index >= 15 is 0 Å². The molecule has 2 rings (SSSR count). The maximum absolute atomic E-state index is 5.84. The van der Waals surface area contributed by atoms with Gasteiger partial charge in [-0.3, -0.25) is 4.90 Å². The van der Waals surface area contributed by atoms with Gasteiger partial charge in [-0.2, -0.15) is 0 Å². The minimum Gasteiger partial charge on any atom is -0.381 e. The van der Waals surface area contributed by atoms with Crippen LogP contribution in [0.2, 0.25) is 0 Å². The molecular weight excluding hydrogens is 188 g/mol. The van der Waals surface area contributed by atoms with Crippen molar-refractivity contribution in [2.24, 2.45) is 17.6 Å². The van der Waals surface area contributed by atoms with Crippen molar-refractivity contribution < 1.29 is 4.74 Å². The van der Waals surface area contributed by atoms with Crippen LogP contribution in [-0.4, -0.2) is 43.8 Å². The van der Waals surface area contributed by atoms with Gasteiger partial charge in [0.05, 0.1) is 6.10 Å². The summed E-state index contributed by atoms with van der Waals surface area (Å²) in [6.07, 6.45) is 4.15. The topological polar surface area (TPSA) is 38.5 Å².